The Morgan fingerprint density at radius 3 is 2.85 bits per heavy atom. The summed E-state index contributed by atoms with van der Waals surface area (Å²) >= 11 is 0. The molecule has 2 heterocycles. The summed E-state index contributed by atoms with van der Waals surface area (Å²) in [5.41, 5.74) is 2.00. The summed E-state index contributed by atoms with van der Waals surface area (Å²) in [5.74, 6) is -0.349. The van der Waals surface area contributed by atoms with Gasteiger partial charge in [-0.25, -0.2) is 0 Å². The van der Waals surface area contributed by atoms with Crippen molar-refractivity contribution in [2.75, 3.05) is 26.2 Å². The zero-order valence-corrected chi connectivity index (χ0v) is 16.0. The largest absolute Gasteiger partial charge is 0.375 e. The molecule has 0 aliphatic carbocycles. The standard InChI is InChI=1S/C21H27N3O3/c1-16-11-20(25)19(15-23(16)2)21(26)22-12-18-14-24(9-6-10-27-18)13-17-7-4-3-5-8-17/h3-5,7-8,11,15,18H,6,9-10,12-14H2,1-2H3,(H,22,26). The van der Waals surface area contributed by atoms with Gasteiger partial charge in [-0.1, -0.05) is 30.3 Å². The van der Waals surface area contributed by atoms with E-state index in [1.54, 1.807) is 10.8 Å². The van der Waals surface area contributed by atoms with Gasteiger partial charge < -0.3 is 14.6 Å². The smallest absolute Gasteiger partial charge is 0.256 e. The molecule has 3 rings (SSSR count). The molecular weight excluding hydrogens is 342 g/mol. The van der Waals surface area contributed by atoms with E-state index in [-0.39, 0.29) is 23.0 Å². The Morgan fingerprint density at radius 2 is 2.07 bits per heavy atom. The van der Waals surface area contributed by atoms with Crippen LogP contribution in [0.5, 0.6) is 0 Å². The minimum atomic E-state index is -0.349. The number of benzene rings is 1. The number of hydrogen-bond donors (Lipinski definition) is 1. The van der Waals surface area contributed by atoms with Crippen molar-refractivity contribution in [3.8, 4) is 0 Å². The third-order valence-corrected chi connectivity index (χ3v) is 4.90. The molecule has 1 N–H and O–H groups in total. The van der Waals surface area contributed by atoms with Gasteiger partial charge in [0.25, 0.3) is 5.91 Å². The van der Waals surface area contributed by atoms with Crippen LogP contribution in [0, 0.1) is 6.92 Å². The molecule has 27 heavy (non-hydrogen) atoms. The average Bonchev–Trinajstić information content (AvgIpc) is 2.88. The lowest BCUT2D eigenvalue weighted by Gasteiger charge is -2.24. The van der Waals surface area contributed by atoms with Crippen LogP contribution in [0.4, 0.5) is 0 Å². The van der Waals surface area contributed by atoms with Crippen molar-refractivity contribution in [2.45, 2.75) is 26.0 Å². The summed E-state index contributed by atoms with van der Waals surface area (Å²) in [6.45, 7) is 5.50. The van der Waals surface area contributed by atoms with Crippen molar-refractivity contribution in [3.63, 3.8) is 0 Å². The molecule has 1 unspecified atom stereocenters. The predicted octanol–water partition coefficient (Wildman–Crippen LogP) is 1.71. The van der Waals surface area contributed by atoms with E-state index in [9.17, 15) is 9.59 Å². The Hall–Kier alpha value is -2.44. The maximum absolute atomic E-state index is 12.4. The van der Waals surface area contributed by atoms with Crippen molar-refractivity contribution in [1.82, 2.24) is 14.8 Å². The Labute approximate surface area is 159 Å². The zero-order valence-electron chi connectivity index (χ0n) is 16.0. The molecule has 0 spiro atoms. The molecular formula is C21H27N3O3. The van der Waals surface area contributed by atoms with E-state index < -0.39 is 0 Å². The lowest BCUT2D eigenvalue weighted by molar-refractivity contribution is 0.0510. The highest BCUT2D eigenvalue weighted by Crippen LogP contribution is 2.10. The first-order valence-electron chi connectivity index (χ1n) is 9.36. The number of nitrogens with one attached hydrogen (secondary N) is 1. The summed E-state index contributed by atoms with van der Waals surface area (Å²) in [5, 5.41) is 2.86. The summed E-state index contributed by atoms with van der Waals surface area (Å²) in [6, 6.07) is 11.8. The van der Waals surface area contributed by atoms with E-state index in [1.165, 1.54) is 11.6 Å². The molecule has 1 amide bonds. The first-order chi connectivity index (χ1) is 13.0. The van der Waals surface area contributed by atoms with E-state index in [2.05, 4.69) is 22.3 Å². The molecule has 6 nitrogen and oxygen atoms in total. The molecule has 1 saturated heterocycles. The van der Waals surface area contributed by atoms with Crippen molar-refractivity contribution >= 4 is 5.91 Å². The average molecular weight is 369 g/mol. The highest BCUT2D eigenvalue weighted by molar-refractivity contribution is 5.93. The minimum Gasteiger partial charge on any atom is -0.375 e. The molecule has 6 heteroatoms. The first kappa shape index (κ1) is 19.3. The number of aryl methyl sites for hydroxylation is 2. The molecule has 1 aliphatic heterocycles. The molecule has 1 fully saturated rings. The van der Waals surface area contributed by atoms with Crippen molar-refractivity contribution in [1.29, 1.82) is 0 Å². The lowest BCUT2D eigenvalue weighted by atomic mass is 10.2. The van der Waals surface area contributed by atoms with Crippen LogP contribution in [-0.4, -0.2) is 47.7 Å². The summed E-state index contributed by atoms with van der Waals surface area (Å²) < 4.78 is 7.67. The third kappa shape index (κ3) is 5.28. The van der Waals surface area contributed by atoms with Crippen molar-refractivity contribution < 1.29 is 9.53 Å². The number of carbonyl (C=O) groups is 1. The van der Waals surface area contributed by atoms with Crippen LogP contribution in [0.15, 0.2) is 47.4 Å². The van der Waals surface area contributed by atoms with Gasteiger partial charge in [0, 0.05) is 57.8 Å². The van der Waals surface area contributed by atoms with Crippen LogP contribution in [-0.2, 0) is 18.3 Å². The van der Waals surface area contributed by atoms with Crippen LogP contribution in [0.2, 0.25) is 0 Å². The van der Waals surface area contributed by atoms with Gasteiger partial charge in [0.05, 0.1) is 6.10 Å². The maximum Gasteiger partial charge on any atom is 0.256 e. The highest BCUT2D eigenvalue weighted by Gasteiger charge is 2.20. The lowest BCUT2D eigenvalue weighted by Crippen LogP contribution is -2.41. The topological polar surface area (TPSA) is 63.6 Å². The fourth-order valence-corrected chi connectivity index (χ4v) is 3.28. The third-order valence-electron chi connectivity index (χ3n) is 4.90. The number of amides is 1. The van der Waals surface area contributed by atoms with Crippen LogP contribution in [0.25, 0.3) is 0 Å². The molecule has 0 radical (unpaired) electrons. The number of hydrogen-bond acceptors (Lipinski definition) is 4. The molecule has 1 aliphatic rings. The van der Waals surface area contributed by atoms with Gasteiger partial charge in [0.1, 0.15) is 5.56 Å². The van der Waals surface area contributed by atoms with E-state index in [0.29, 0.717) is 13.2 Å². The second-order valence-electron chi connectivity index (χ2n) is 7.08. The molecule has 1 aromatic heterocycles. The quantitative estimate of drug-likeness (QED) is 0.872. The van der Waals surface area contributed by atoms with Crippen LogP contribution in [0.3, 0.4) is 0 Å². The number of nitrogens with zero attached hydrogens (tertiary/aromatic N) is 2. The highest BCUT2D eigenvalue weighted by atomic mass is 16.5. The van der Waals surface area contributed by atoms with Gasteiger partial charge >= 0.3 is 0 Å². The predicted molar refractivity (Wildman–Crippen MR) is 105 cm³/mol. The fraction of sp³-hybridized carbons (Fsp3) is 0.429. The Morgan fingerprint density at radius 1 is 1.30 bits per heavy atom. The molecule has 1 aromatic carbocycles. The summed E-state index contributed by atoms with van der Waals surface area (Å²) in [6.07, 6.45) is 2.47. The summed E-state index contributed by atoms with van der Waals surface area (Å²) in [4.78, 5) is 26.9. The van der Waals surface area contributed by atoms with Gasteiger partial charge in [-0.15, -0.1) is 0 Å². The fourth-order valence-electron chi connectivity index (χ4n) is 3.28. The van der Waals surface area contributed by atoms with E-state index in [1.807, 2.05) is 32.2 Å². The number of carbonyl (C=O) groups excluding carboxylic acids is 1. The molecule has 144 valence electrons. The number of rotatable bonds is 5. The Balaban J connectivity index is 1.58. The molecule has 1 atom stereocenters. The molecule has 0 bridgehead atoms. The van der Waals surface area contributed by atoms with E-state index in [4.69, 9.17) is 4.74 Å². The van der Waals surface area contributed by atoms with E-state index >= 15 is 0 Å². The zero-order chi connectivity index (χ0) is 19.2. The first-order valence-corrected chi connectivity index (χ1v) is 9.36. The Kier molecular flexibility index (Phi) is 6.42. The van der Waals surface area contributed by atoms with Gasteiger partial charge in [-0.3, -0.25) is 14.5 Å². The number of ether oxygens (including phenoxy) is 1. The monoisotopic (exact) mass is 369 g/mol. The minimum absolute atomic E-state index is 0.0885. The second kappa shape index (κ2) is 8.97. The molecule has 2 aromatic rings. The van der Waals surface area contributed by atoms with Crippen molar-refractivity contribution in [2.24, 2.45) is 7.05 Å². The number of aromatic nitrogens is 1. The van der Waals surface area contributed by atoms with Crippen LogP contribution < -0.4 is 10.7 Å². The van der Waals surface area contributed by atoms with Crippen molar-refractivity contribution in [3.05, 3.63) is 69.6 Å². The van der Waals surface area contributed by atoms with Gasteiger partial charge in [0.2, 0.25) is 0 Å². The molecule has 0 saturated carbocycles. The SMILES string of the molecule is Cc1cc(=O)c(C(=O)NCC2CN(Cc3ccccc3)CCCO2)cn1C. The van der Waals surface area contributed by atoms with E-state index in [0.717, 1.165) is 31.7 Å². The second-order valence-corrected chi connectivity index (χ2v) is 7.08. The maximum atomic E-state index is 12.4. The number of pyridine rings is 1. The van der Waals surface area contributed by atoms with Crippen LogP contribution in [0.1, 0.15) is 28.0 Å². The normalized spacial score (nSPS) is 18.1. The van der Waals surface area contributed by atoms with Gasteiger partial charge in [-0.2, -0.15) is 0 Å². The summed E-state index contributed by atoms with van der Waals surface area (Å²) in [7, 11) is 1.82. The van der Waals surface area contributed by atoms with Crippen LogP contribution >= 0.6 is 0 Å². The van der Waals surface area contributed by atoms with Gasteiger partial charge in [-0.05, 0) is 18.9 Å². The Bertz CT molecular complexity index is 832. The van der Waals surface area contributed by atoms with Gasteiger partial charge in [0.15, 0.2) is 5.43 Å².